The highest BCUT2D eigenvalue weighted by Crippen LogP contribution is 2.64. The smallest absolute Gasteiger partial charge is 0.252 e. The van der Waals surface area contributed by atoms with Crippen LogP contribution in [0.2, 0.25) is 0 Å². The molecular weight excluding hydrogens is 384 g/mol. The van der Waals surface area contributed by atoms with Gasteiger partial charge in [0.15, 0.2) is 0 Å². The zero-order valence-corrected chi connectivity index (χ0v) is 17.4. The summed E-state index contributed by atoms with van der Waals surface area (Å²) in [6.45, 7) is 2.07. The second-order valence-corrected chi connectivity index (χ2v) is 11.1. The van der Waals surface area contributed by atoms with Gasteiger partial charge >= 0.3 is 0 Å². The summed E-state index contributed by atoms with van der Waals surface area (Å²) in [5.74, 6) is 0.678. The maximum Gasteiger partial charge on any atom is 0.252 e. The molecule has 29 heavy (non-hydrogen) atoms. The van der Waals surface area contributed by atoms with Crippen molar-refractivity contribution in [2.24, 2.45) is 0 Å². The zero-order chi connectivity index (χ0) is 20.0. The van der Waals surface area contributed by atoms with Gasteiger partial charge < -0.3 is 0 Å². The van der Waals surface area contributed by atoms with E-state index < -0.39 is 9.73 Å². The Morgan fingerprint density at radius 2 is 1.90 bits per heavy atom. The van der Waals surface area contributed by atoms with Crippen molar-refractivity contribution in [3.05, 3.63) is 53.1 Å². The molecule has 3 saturated heterocycles. The molecule has 1 aromatic carbocycles. The van der Waals surface area contributed by atoms with E-state index in [1.807, 2.05) is 28.8 Å². The minimum absolute atomic E-state index is 0.0830. The lowest BCUT2D eigenvalue weighted by atomic mass is 9.64. The summed E-state index contributed by atoms with van der Waals surface area (Å²) in [5.41, 5.74) is 4.70. The van der Waals surface area contributed by atoms with E-state index in [-0.39, 0.29) is 5.54 Å². The Bertz CT molecular complexity index is 1230. The molecule has 0 bridgehead atoms. The molecule has 3 fully saturated rings. The number of aryl methyl sites for hydroxylation is 1. The van der Waals surface area contributed by atoms with E-state index in [0.717, 1.165) is 29.8 Å². The molecule has 0 radical (unpaired) electrons. The number of hydrogen-bond acceptors (Lipinski definition) is 6. The van der Waals surface area contributed by atoms with Crippen molar-refractivity contribution in [1.29, 1.82) is 4.78 Å². The molecule has 5 heterocycles. The van der Waals surface area contributed by atoms with Crippen LogP contribution in [0.5, 0.6) is 0 Å². The van der Waals surface area contributed by atoms with Gasteiger partial charge in [-0.15, -0.1) is 0 Å². The lowest BCUT2D eigenvalue weighted by Crippen LogP contribution is -2.73. The van der Waals surface area contributed by atoms with Crippen LogP contribution in [0, 0.1) is 11.7 Å². The third-order valence-corrected chi connectivity index (χ3v) is 8.36. The van der Waals surface area contributed by atoms with Crippen LogP contribution in [0.4, 0.5) is 0 Å². The second-order valence-electron chi connectivity index (χ2n) is 8.89. The van der Waals surface area contributed by atoms with E-state index in [1.165, 1.54) is 43.2 Å². The molecule has 7 nitrogen and oxygen atoms in total. The molecule has 3 aromatic rings. The fourth-order valence-electron chi connectivity index (χ4n) is 5.97. The van der Waals surface area contributed by atoms with Crippen molar-refractivity contribution in [1.82, 2.24) is 24.5 Å². The number of piperidine rings is 1. The van der Waals surface area contributed by atoms with Gasteiger partial charge in [-0.2, -0.15) is 14.6 Å². The average Bonchev–Trinajstić information content (AvgIpc) is 3.14. The number of rotatable bonds is 4. The summed E-state index contributed by atoms with van der Waals surface area (Å²) in [6, 6.07) is 9.06. The quantitative estimate of drug-likeness (QED) is 0.717. The highest BCUT2D eigenvalue weighted by molar-refractivity contribution is 7.91. The lowest BCUT2D eigenvalue weighted by Gasteiger charge is -2.67. The van der Waals surface area contributed by atoms with Gasteiger partial charge in [0.2, 0.25) is 0 Å². The predicted octanol–water partition coefficient (Wildman–Crippen LogP) is 2.89. The minimum Gasteiger partial charge on any atom is -0.286 e. The monoisotopic (exact) mass is 408 g/mol. The highest BCUT2D eigenvalue weighted by Gasteiger charge is 2.68. The van der Waals surface area contributed by atoms with Crippen molar-refractivity contribution < 1.29 is 4.21 Å². The maximum absolute atomic E-state index is 12.0. The van der Waals surface area contributed by atoms with E-state index in [4.69, 9.17) is 9.76 Å². The molecule has 2 aromatic heterocycles. The molecule has 150 valence electrons. The van der Waals surface area contributed by atoms with Crippen molar-refractivity contribution in [2.75, 3.05) is 6.26 Å². The Balaban J connectivity index is 1.46. The SMILES string of the molecule is Cc1nc2ncnn2c(C23CC4CCC(C2)N43)c1Cc1ccc(S(C)(=N)=O)cc1. The molecule has 0 amide bonds. The molecule has 3 aliphatic rings. The van der Waals surface area contributed by atoms with E-state index in [9.17, 15) is 4.21 Å². The first-order chi connectivity index (χ1) is 13.9. The topological polar surface area (TPSA) is 87.2 Å². The third kappa shape index (κ3) is 2.33. The number of benzene rings is 1. The van der Waals surface area contributed by atoms with Gasteiger partial charge in [-0.25, -0.2) is 14.0 Å². The molecule has 8 heteroatoms. The van der Waals surface area contributed by atoms with Crippen molar-refractivity contribution in [3.63, 3.8) is 0 Å². The summed E-state index contributed by atoms with van der Waals surface area (Å²) in [4.78, 5) is 12.4. The fraction of sp³-hybridized carbons (Fsp3) is 0.476. The van der Waals surface area contributed by atoms with Gasteiger partial charge in [0.05, 0.1) is 21.0 Å². The summed E-state index contributed by atoms with van der Waals surface area (Å²) >= 11 is 0. The second kappa shape index (κ2) is 5.64. The molecule has 6 rings (SSSR count). The maximum atomic E-state index is 12.0. The molecule has 1 N–H and O–H groups in total. The van der Waals surface area contributed by atoms with Crippen LogP contribution >= 0.6 is 0 Å². The van der Waals surface area contributed by atoms with Gasteiger partial charge in [-0.1, -0.05) is 12.1 Å². The van der Waals surface area contributed by atoms with Gasteiger partial charge in [-0.3, -0.25) is 4.90 Å². The van der Waals surface area contributed by atoms with Gasteiger partial charge in [-0.05, 0) is 50.3 Å². The molecule has 0 aliphatic carbocycles. The summed E-state index contributed by atoms with van der Waals surface area (Å²) in [7, 11) is -2.69. The largest absolute Gasteiger partial charge is 0.286 e. The van der Waals surface area contributed by atoms with E-state index in [2.05, 4.69) is 21.9 Å². The molecule has 3 aliphatic heterocycles. The first kappa shape index (κ1) is 17.5. The van der Waals surface area contributed by atoms with Crippen LogP contribution in [0.25, 0.3) is 5.78 Å². The Morgan fingerprint density at radius 1 is 1.21 bits per heavy atom. The zero-order valence-electron chi connectivity index (χ0n) is 16.6. The average molecular weight is 409 g/mol. The molecule has 0 spiro atoms. The first-order valence-electron chi connectivity index (χ1n) is 10.2. The fourth-order valence-corrected chi connectivity index (χ4v) is 6.63. The standard InChI is InChI=1S/C21H24N6OS/c1-13-18(9-14-3-7-17(8-4-14)29(2,22)28)19(27-20(25-13)23-12-24-27)21-10-15-5-6-16(11-21)26(15)21/h3-4,7-8,12,15-16,22H,5-6,9-11H2,1-2H3. The van der Waals surface area contributed by atoms with Crippen LogP contribution < -0.4 is 0 Å². The minimum atomic E-state index is -2.69. The van der Waals surface area contributed by atoms with E-state index >= 15 is 0 Å². The predicted molar refractivity (Wildman–Crippen MR) is 109 cm³/mol. The van der Waals surface area contributed by atoms with Crippen LogP contribution in [-0.2, 0) is 21.7 Å². The Hall–Kier alpha value is -2.32. The number of nitrogens with one attached hydrogen (secondary N) is 1. The van der Waals surface area contributed by atoms with Crippen molar-refractivity contribution in [2.45, 2.75) is 61.5 Å². The number of fused-ring (bicyclic) bond motifs is 1. The lowest BCUT2D eigenvalue weighted by molar-refractivity contribution is -0.175. The van der Waals surface area contributed by atoms with E-state index in [0.29, 0.717) is 10.7 Å². The van der Waals surface area contributed by atoms with Crippen LogP contribution in [-0.4, -0.2) is 47.0 Å². The number of aromatic nitrogens is 4. The van der Waals surface area contributed by atoms with Gasteiger partial charge in [0.1, 0.15) is 6.33 Å². The van der Waals surface area contributed by atoms with Crippen molar-refractivity contribution in [3.8, 4) is 0 Å². The molecule has 3 unspecified atom stereocenters. The van der Waals surface area contributed by atoms with Gasteiger partial charge in [0, 0.05) is 40.9 Å². The summed E-state index contributed by atoms with van der Waals surface area (Å²) in [5, 5.41) is 4.55. The third-order valence-electron chi connectivity index (χ3n) is 7.19. The highest BCUT2D eigenvalue weighted by atomic mass is 32.2. The molecule has 3 atom stereocenters. The summed E-state index contributed by atoms with van der Waals surface area (Å²) in [6.07, 6.45) is 8.84. The Kier molecular flexibility index (Phi) is 3.41. The Morgan fingerprint density at radius 3 is 2.55 bits per heavy atom. The first-order valence-corrected chi connectivity index (χ1v) is 12.1. The number of nitrogens with zero attached hydrogens (tertiary/aromatic N) is 5. The van der Waals surface area contributed by atoms with Crippen molar-refractivity contribution >= 4 is 15.5 Å². The van der Waals surface area contributed by atoms with Gasteiger partial charge in [0.25, 0.3) is 5.78 Å². The molecular formula is C21H24N6OS. The van der Waals surface area contributed by atoms with E-state index in [1.54, 1.807) is 6.33 Å². The van der Waals surface area contributed by atoms with Crippen LogP contribution in [0.1, 0.15) is 48.2 Å². The number of hydrogen-bond donors (Lipinski definition) is 1. The summed E-state index contributed by atoms with van der Waals surface area (Å²) < 4.78 is 21.8. The Labute approximate surface area is 170 Å². The van der Waals surface area contributed by atoms with Crippen LogP contribution in [0.15, 0.2) is 35.5 Å². The normalized spacial score (nSPS) is 29.9. The van der Waals surface area contributed by atoms with Crippen LogP contribution in [0.3, 0.4) is 0 Å². The molecule has 0 saturated carbocycles.